The molecule has 1 aliphatic heterocycles. The molecule has 5 rings (SSSR count). The molecule has 0 spiro atoms. The summed E-state index contributed by atoms with van der Waals surface area (Å²) in [5, 5.41) is 21.4. The molecule has 3 atom stereocenters. The predicted octanol–water partition coefficient (Wildman–Crippen LogP) is 3.11. The Morgan fingerprint density at radius 3 is 2.89 bits per heavy atom. The predicted molar refractivity (Wildman–Crippen MR) is 130 cm³/mol. The van der Waals surface area contributed by atoms with Gasteiger partial charge in [0.05, 0.1) is 29.3 Å². The Kier molecular flexibility index (Phi) is 6.70. The van der Waals surface area contributed by atoms with Gasteiger partial charge in [0.15, 0.2) is 23.1 Å². The zero-order valence-corrected chi connectivity index (χ0v) is 20.2. The number of halogens is 2. The van der Waals surface area contributed by atoms with Crippen LogP contribution in [0.25, 0.3) is 22.6 Å². The van der Waals surface area contributed by atoms with Crippen molar-refractivity contribution in [1.29, 1.82) is 0 Å². The lowest BCUT2D eigenvalue weighted by molar-refractivity contribution is 0.152. The smallest absolute Gasteiger partial charge is 0.317 e. The first-order chi connectivity index (χ1) is 16.9. The summed E-state index contributed by atoms with van der Waals surface area (Å²) < 4.78 is 16.3. The molecule has 1 saturated carbocycles. The van der Waals surface area contributed by atoms with Crippen molar-refractivity contribution in [2.75, 3.05) is 18.5 Å². The van der Waals surface area contributed by atoms with Crippen LogP contribution in [0, 0.1) is 5.82 Å². The number of aliphatic hydroxyl groups excluding tert-OH is 1. The first kappa shape index (κ1) is 23.7. The van der Waals surface area contributed by atoms with Crippen LogP contribution in [0.3, 0.4) is 0 Å². The van der Waals surface area contributed by atoms with E-state index in [1.807, 2.05) is 0 Å². The zero-order chi connectivity index (χ0) is 24.5. The average molecular weight is 503 g/mol. The van der Waals surface area contributed by atoms with Crippen LogP contribution in [-0.2, 0) is 7.05 Å². The monoisotopic (exact) mass is 502 g/mol. The highest BCUT2D eigenvalue weighted by Crippen LogP contribution is 2.29. The molecule has 3 N–H and O–H groups in total. The summed E-state index contributed by atoms with van der Waals surface area (Å²) in [5.41, 5.74) is 1.09. The molecule has 1 saturated heterocycles. The number of aliphatic hydroxyl groups is 1. The van der Waals surface area contributed by atoms with E-state index in [4.69, 9.17) is 11.6 Å². The molecule has 2 aliphatic rings. The summed E-state index contributed by atoms with van der Waals surface area (Å²) in [4.78, 5) is 27.3. The van der Waals surface area contributed by atoms with E-state index in [-0.39, 0.29) is 42.4 Å². The van der Waals surface area contributed by atoms with Crippen molar-refractivity contribution in [3.05, 3.63) is 29.3 Å². The molecule has 0 radical (unpaired) electrons. The molecule has 2 fully saturated rings. The van der Waals surface area contributed by atoms with Gasteiger partial charge in [-0.1, -0.05) is 11.6 Å². The normalized spacial score (nSPS) is 22.5. The third-order valence-electron chi connectivity index (χ3n) is 6.79. The number of carbonyl (C=O) groups is 1. The number of carbonyl (C=O) groups excluding carboxylic acids is 1. The minimum Gasteiger partial charge on any atom is -0.394 e. The minimum atomic E-state index is -0.556. The molecule has 35 heavy (non-hydrogen) atoms. The SMILES string of the molecule is Cn1nc(-c2ncc(F)c(NC3CCC[C@@H](NC(=O)N4CCC[C@H]4CO)C3)n2)c2cc(Cl)cnc21. The second kappa shape index (κ2) is 9.90. The number of amides is 2. The van der Waals surface area contributed by atoms with E-state index in [1.54, 1.807) is 28.9 Å². The summed E-state index contributed by atoms with van der Waals surface area (Å²) in [6.07, 6.45) is 7.62. The maximum absolute atomic E-state index is 14.7. The highest BCUT2D eigenvalue weighted by Gasteiger charge is 2.31. The van der Waals surface area contributed by atoms with Crippen molar-refractivity contribution >= 4 is 34.5 Å². The minimum absolute atomic E-state index is 0.0224. The molecule has 1 aliphatic carbocycles. The van der Waals surface area contributed by atoms with E-state index >= 15 is 0 Å². The Morgan fingerprint density at radius 1 is 1.23 bits per heavy atom. The van der Waals surface area contributed by atoms with Gasteiger partial charge in [-0.3, -0.25) is 0 Å². The van der Waals surface area contributed by atoms with Gasteiger partial charge in [0.2, 0.25) is 0 Å². The molecule has 0 aromatic carbocycles. The van der Waals surface area contributed by atoms with Gasteiger partial charge in [-0.15, -0.1) is 0 Å². The summed E-state index contributed by atoms with van der Waals surface area (Å²) in [6.45, 7) is 0.634. The van der Waals surface area contributed by atoms with E-state index in [1.165, 1.54) is 0 Å². The maximum atomic E-state index is 14.7. The van der Waals surface area contributed by atoms with Gasteiger partial charge in [-0.2, -0.15) is 5.10 Å². The highest BCUT2D eigenvalue weighted by molar-refractivity contribution is 6.31. The summed E-state index contributed by atoms with van der Waals surface area (Å²) >= 11 is 6.12. The summed E-state index contributed by atoms with van der Waals surface area (Å²) in [6, 6.07) is 1.38. The third kappa shape index (κ3) is 4.87. The van der Waals surface area contributed by atoms with Gasteiger partial charge in [0.25, 0.3) is 0 Å². The lowest BCUT2D eigenvalue weighted by Crippen LogP contribution is -2.50. The Morgan fingerprint density at radius 2 is 2.06 bits per heavy atom. The van der Waals surface area contributed by atoms with Crippen LogP contribution < -0.4 is 10.6 Å². The van der Waals surface area contributed by atoms with Gasteiger partial charge in [0.1, 0.15) is 5.69 Å². The van der Waals surface area contributed by atoms with E-state index in [0.29, 0.717) is 34.7 Å². The van der Waals surface area contributed by atoms with Crippen molar-refractivity contribution in [1.82, 2.24) is 34.9 Å². The van der Waals surface area contributed by atoms with Crippen molar-refractivity contribution in [3.63, 3.8) is 0 Å². The molecule has 12 heteroatoms. The largest absolute Gasteiger partial charge is 0.394 e. The number of nitrogens with one attached hydrogen (secondary N) is 2. The van der Waals surface area contributed by atoms with Crippen LogP contribution in [0.1, 0.15) is 38.5 Å². The second-order valence-electron chi connectivity index (χ2n) is 9.21. The molecule has 10 nitrogen and oxygen atoms in total. The highest BCUT2D eigenvalue weighted by atomic mass is 35.5. The molecule has 2 amide bonds. The average Bonchev–Trinajstić information content (AvgIpc) is 3.45. The summed E-state index contributed by atoms with van der Waals surface area (Å²) in [7, 11) is 1.76. The molecule has 186 valence electrons. The number of fused-ring (bicyclic) bond motifs is 1. The Hall–Kier alpha value is -3.05. The lowest BCUT2D eigenvalue weighted by atomic mass is 9.91. The zero-order valence-electron chi connectivity index (χ0n) is 19.4. The number of likely N-dealkylation sites (tertiary alicyclic amines) is 1. The fourth-order valence-corrected chi connectivity index (χ4v) is 5.22. The number of rotatable bonds is 5. The molecule has 3 aromatic rings. The van der Waals surface area contributed by atoms with E-state index in [2.05, 4.69) is 30.7 Å². The molecular weight excluding hydrogens is 475 g/mol. The number of anilines is 1. The number of pyridine rings is 1. The van der Waals surface area contributed by atoms with Crippen LogP contribution in [0.2, 0.25) is 5.02 Å². The number of urea groups is 1. The lowest BCUT2D eigenvalue weighted by Gasteiger charge is -2.33. The first-order valence-electron chi connectivity index (χ1n) is 11.9. The fourth-order valence-electron chi connectivity index (χ4n) is 5.06. The number of aromatic nitrogens is 5. The van der Waals surface area contributed by atoms with Gasteiger partial charge < -0.3 is 20.6 Å². The van der Waals surface area contributed by atoms with Gasteiger partial charge in [0, 0.05) is 31.9 Å². The number of nitrogens with zero attached hydrogens (tertiary/aromatic N) is 6. The molecule has 1 unspecified atom stereocenters. The van der Waals surface area contributed by atoms with E-state index in [0.717, 1.165) is 38.3 Å². The van der Waals surface area contributed by atoms with Crippen LogP contribution in [0.4, 0.5) is 15.0 Å². The van der Waals surface area contributed by atoms with Crippen molar-refractivity contribution < 1.29 is 14.3 Å². The molecule has 0 bridgehead atoms. The summed E-state index contributed by atoms with van der Waals surface area (Å²) in [5.74, 6) is -0.187. The number of aryl methyl sites for hydroxylation is 1. The number of hydrogen-bond acceptors (Lipinski definition) is 7. The fraction of sp³-hybridized carbons (Fsp3) is 0.522. The topological polar surface area (TPSA) is 121 Å². The van der Waals surface area contributed by atoms with Crippen LogP contribution in [0.5, 0.6) is 0 Å². The van der Waals surface area contributed by atoms with E-state index in [9.17, 15) is 14.3 Å². The van der Waals surface area contributed by atoms with Gasteiger partial charge in [-0.25, -0.2) is 28.8 Å². The Labute approximate surface area is 206 Å². The third-order valence-corrected chi connectivity index (χ3v) is 7.00. The quantitative estimate of drug-likeness (QED) is 0.490. The van der Waals surface area contributed by atoms with Crippen LogP contribution in [-0.4, -0.2) is 72.0 Å². The van der Waals surface area contributed by atoms with Gasteiger partial charge >= 0.3 is 6.03 Å². The molecule has 3 aromatic heterocycles. The van der Waals surface area contributed by atoms with Crippen LogP contribution >= 0.6 is 11.6 Å². The Bertz CT molecular complexity index is 1240. The van der Waals surface area contributed by atoms with E-state index < -0.39 is 5.82 Å². The van der Waals surface area contributed by atoms with Gasteiger partial charge in [-0.05, 0) is 44.6 Å². The van der Waals surface area contributed by atoms with Crippen molar-refractivity contribution in [2.24, 2.45) is 7.05 Å². The van der Waals surface area contributed by atoms with Crippen molar-refractivity contribution in [3.8, 4) is 11.5 Å². The number of hydrogen-bond donors (Lipinski definition) is 3. The second-order valence-corrected chi connectivity index (χ2v) is 9.65. The molecular formula is C23H28ClFN8O2. The standard InChI is InChI=1S/C23H28ClFN8O2/c1-32-22-17(8-13(24)10-27-22)19(31-32)21-26-11-18(25)20(30-21)28-14-4-2-5-15(9-14)29-23(35)33-7-3-6-16(33)12-34/h8,10-11,14-16,34H,2-7,9,12H2,1H3,(H,29,35)(H,26,28,30)/t14?,15-,16+/m1/s1. The van der Waals surface area contributed by atoms with Crippen molar-refractivity contribution in [2.45, 2.75) is 56.7 Å². The maximum Gasteiger partial charge on any atom is 0.317 e. The molecule has 4 heterocycles. The Balaban J connectivity index is 1.30. The first-order valence-corrected chi connectivity index (χ1v) is 12.3. The van der Waals surface area contributed by atoms with Crippen LogP contribution in [0.15, 0.2) is 18.5 Å².